The molecule has 0 unspecified atom stereocenters. The summed E-state index contributed by atoms with van der Waals surface area (Å²) >= 11 is 0. The molecule has 0 spiro atoms. The van der Waals surface area contributed by atoms with E-state index in [-0.39, 0.29) is 39.6 Å². The van der Waals surface area contributed by atoms with Crippen molar-refractivity contribution in [1.82, 2.24) is 19.9 Å². The van der Waals surface area contributed by atoms with Gasteiger partial charge in [-0.3, -0.25) is 19.9 Å². The van der Waals surface area contributed by atoms with E-state index in [4.69, 9.17) is 23.7 Å². The fourth-order valence-corrected chi connectivity index (χ4v) is 3.04. The first-order chi connectivity index (χ1) is 21.0. The lowest BCUT2D eigenvalue weighted by Crippen LogP contribution is -2.14. The van der Waals surface area contributed by atoms with E-state index >= 15 is 0 Å². The largest absolute Gasteiger partial charge is 0.460 e. The summed E-state index contributed by atoms with van der Waals surface area (Å²) in [6.07, 6.45) is 12.1. The Kier molecular flexibility index (Phi) is 13.9. The number of carbonyl (C=O) groups is 4. The molecule has 0 amide bonds. The zero-order valence-corrected chi connectivity index (χ0v) is 22.9. The Labute approximate surface area is 246 Å². The van der Waals surface area contributed by atoms with E-state index < -0.39 is 23.9 Å². The first kappa shape index (κ1) is 32.0. The highest BCUT2D eigenvalue weighted by Crippen LogP contribution is 2.02. The second kappa shape index (κ2) is 18.7. The number of carbonyl (C=O) groups excluding carboxylic acids is 4. The molecule has 0 N–H and O–H groups in total. The van der Waals surface area contributed by atoms with Gasteiger partial charge < -0.3 is 23.7 Å². The molecule has 0 aromatic carbocycles. The van der Waals surface area contributed by atoms with Crippen LogP contribution in [0.25, 0.3) is 0 Å². The number of aromatic nitrogens is 4. The van der Waals surface area contributed by atoms with Crippen LogP contribution in [0.3, 0.4) is 0 Å². The van der Waals surface area contributed by atoms with Gasteiger partial charge in [-0.15, -0.1) is 0 Å². The predicted octanol–water partition coefficient (Wildman–Crippen LogP) is 3.00. The summed E-state index contributed by atoms with van der Waals surface area (Å²) in [7, 11) is 0. The molecule has 0 radical (unpaired) electrons. The lowest BCUT2D eigenvalue weighted by molar-refractivity contribution is 0.0150. The summed E-state index contributed by atoms with van der Waals surface area (Å²) in [5.74, 6) is -1.82. The van der Waals surface area contributed by atoms with Gasteiger partial charge in [0.25, 0.3) is 0 Å². The van der Waals surface area contributed by atoms with Crippen LogP contribution in [0.4, 0.5) is 0 Å². The normalized spacial score (nSPS) is 9.95. The minimum Gasteiger partial charge on any atom is -0.460 e. The minimum atomic E-state index is -0.479. The first-order valence-electron chi connectivity index (χ1n) is 12.9. The van der Waals surface area contributed by atoms with Crippen molar-refractivity contribution in [3.8, 4) is 0 Å². The minimum absolute atomic E-state index is 0.00200. The lowest BCUT2D eigenvalue weighted by atomic mass is 10.3. The van der Waals surface area contributed by atoms with Gasteiger partial charge in [-0.05, 0) is 48.5 Å². The topological polar surface area (TPSA) is 166 Å². The van der Waals surface area contributed by atoms with Gasteiger partial charge >= 0.3 is 23.9 Å². The van der Waals surface area contributed by atoms with Gasteiger partial charge in [0.15, 0.2) is 0 Å². The predicted molar refractivity (Wildman–Crippen MR) is 149 cm³/mol. The van der Waals surface area contributed by atoms with Crippen molar-refractivity contribution in [3.05, 3.63) is 120 Å². The molecule has 0 bridgehead atoms. The molecule has 4 aromatic heterocycles. The number of rotatable bonds is 13. The van der Waals surface area contributed by atoms with Gasteiger partial charge in [0.2, 0.25) is 0 Å². The highest BCUT2D eigenvalue weighted by Gasteiger charge is 2.09. The SMILES string of the molecule is O=C(OCCOC(=O)c1ccncc1)c1ccncc1.O=C(OCCOCCOC(=O)c1ccncc1)c1ccncc1. The Balaban J connectivity index is 0.000000238. The van der Waals surface area contributed by atoms with Crippen LogP contribution >= 0.6 is 0 Å². The maximum Gasteiger partial charge on any atom is 0.338 e. The molecular weight excluding hydrogens is 560 g/mol. The van der Waals surface area contributed by atoms with Crippen LogP contribution < -0.4 is 0 Å². The average molecular weight is 589 g/mol. The molecule has 0 aliphatic rings. The summed E-state index contributed by atoms with van der Waals surface area (Å²) in [5, 5.41) is 0. The van der Waals surface area contributed by atoms with Crippen LogP contribution in [0, 0.1) is 0 Å². The van der Waals surface area contributed by atoms with E-state index in [1.165, 1.54) is 49.6 Å². The lowest BCUT2D eigenvalue weighted by Gasteiger charge is -2.07. The molecule has 0 saturated carbocycles. The maximum absolute atomic E-state index is 11.6. The van der Waals surface area contributed by atoms with Crippen molar-refractivity contribution >= 4 is 23.9 Å². The van der Waals surface area contributed by atoms with Crippen LogP contribution in [0.2, 0.25) is 0 Å². The summed E-state index contributed by atoms with van der Waals surface area (Å²) in [6, 6.07) is 12.5. The van der Waals surface area contributed by atoms with E-state index in [1.807, 2.05) is 0 Å². The number of pyridine rings is 4. The third kappa shape index (κ3) is 12.2. The first-order valence-corrected chi connectivity index (χ1v) is 12.9. The zero-order chi connectivity index (χ0) is 30.5. The third-order valence-corrected chi connectivity index (χ3v) is 5.14. The number of nitrogens with zero attached hydrogens (tertiary/aromatic N) is 4. The molecule has 13 nitrogen and oxygen atoms in total. The van der Waals surface area contributed by atoms with Gasteiger partial charge in [0.05, 0.1) is 35.5 Å². The Morgan fingerprint density at radius 3 is 0.814 bits per heavy atom. The second-order valence-corrected chi connectivity index (χ2v) is 8.10. The number of hydrogen-bond donors (Lipinski definition) is 0. The zero-order valence-electron chi connectivity index (χ0n) is 22.9. The average Bonchev–Trinajstić information content (AvgIpc) is 3.07. The van der Waals surface area contributed by atoms with Crippen molar-refractivity contribution in [1.29, 1.82) is 0 Å². The standard InChI is InChI=1S/C16H16N2O5.C14H12N2O4/c19-15(13-1-5-17-6-2-13)22-11-9-21-10-12-23-16(20)14-3-7-18-8-4-14;17-13(11-1-5-15-6-2-11)19-9-10-20-14(18)12-3-7-16-8-4-12/h1-8H,9-12H2;1-8H,9-10H2. The van der Waals surface area contributed by atoms with Crippen LogP contribution in [0.1, 0.15) is 41.4 Å². The van der Waals surface area contributed by atoms with Crippen molar-refractivity contribution < 1.29 is 42.9 Å². The highest BCUT2D eigenvalue weighted by molar-refractivity contribution is 5.90. The van der Waals surface area contributed by atoms with E-state index in [9.17, 15) is 19.2 Å². The molecule has 43 heavy (non-hydrogen) atoms. The summed E-state index contributed by atoms with van der Waals surface area (Å²) in [6.45, 7) is 0.697. The van der Waals surface area contributed by atoms with E-state index in [0.717, 1.165) is 0 Å². The Morgan fingerprint density at radius 1 is 0.372 bits per heavy atom. The van der Waals surface area contributed by atoms with Crippen LogP contribution in [-0.4, -0.2) is 83.5 Å². The van der Waals surface area contributed by atoms with Gasteiger partial charge in [-0.25, -0.2) is 19.2 Å². The quantitative estimate of drug-likeness (QED) is 0.127. The fourth-order valence-electron chi connectivity index (χ4n) is 3.04. The molecular formula is C30H28N4O9. The van der Waals surface area contributed by atoms with Crippen LogP contribution in [0.15, 0.2) is 98.1 Å². The summed E-state index contributed by atoms with van der Waals surface area (Å²) in [5.41, 5.74) is 1.68. The van der Waals surface area contributed by atoms with Gasteiger partial charge in [0.1, 0.15) is 26.4 Å². The summed E-state index contributed by atoms with van der Waals surface area (Å²) < 4.78 is 25.2. The molecule has 0 aliphatic carbocycles. The molecule has 0 aliphatic heterocycles. The van der Waals surface area contributed by atoms with Crippen molar-refractivity contribution in [3.63, 3.8) is 0 Å². The third-order valence-electron chi connectivity index (χ3n) is 5.14. The maximum atomic E-state index is 11.6. The molecule has 13 heteroatoms. The van der Waals surface area contributed by atoms with E-state index in [2.05, 4.69) is 19.9 Å². The molecule has 0 atom stereocenters. The van der Waals surface area contributed by atoms with Crippen molar-refractivity contribution in [2.24, 2.45) is 0 Å². The monoisotopic (exact) mass is 588 g/mol. The van der Waals surface area contributed by atoms with Gasteiger partial charge in [-0.1, -0.05) is 0 Å². The van der Waals surface area contributed by atoms with E-state index in [1.54, 1.807) is 48.5 Å². The number of hydrogen-bond acceptors (Lipinski definition) is 13. The fraction of sp³-hybridized carbons (Fsp3) is 0.200. The molecule has 4 aromatic rings. The molecule has 4 heterocycles. The molecule has 4 rings (SSSR count). The van der Waals surface area contributed by atoms with Gasteiger partial charge in [-0.2, -0.15) is 0 Å². The molecule has 222 valence electrons. The number of ether oxygens (including phenoxy) is 5. The molecule has 0 saturated heterocycles. The summed E-state index contributed by atoms with van der Waals surface area (Å²) in [4.78, 5) is 61.6. The van der Waals surface area contributed by atoms with Crippen molar-refractivity contribution in [2.45, 2.75) is 0 Å². The molecule has 0 fully saturated rings. The smallest absolute Gasteiger partial charge is 0.338 e. The Bertz CT molecular complexity index is 1300. The second-order valence-electron chi connectivity index (χ2n) is 8.10. The Morgan fingerprint density at radius 2 is 0.581 bits per heavy atom. The van der Waals surface area contributed by atoms with Crippen molar-refractivity contribution in [2.75, 3.05) is 39.6 Å². The van der Waals surface area contributed by atoms with Crippen LogP contribution in [-0.2, 0) is 23.7 Å². The van der Waals surface area contributed by atoms with E-state index in [0.29, 0.717) is 22.3 Å². The van der Waals surface area contributed by atoms with Gasteiger partial charge in [0, 0.05) is 49.6 Å². The van der Waals surface area contributed by atoms with Crippen LogP contribution in [0.5, 0.6) is 0 Å². The number of esters is 4. The highest BCUT2D eigenvalue weighted by atomic mass is 16.6. The Hall–Kier alpha value is -5.56.